The topological polar surface area (TPSA) is 90.1 Å². The van der Waals surface area contributed by atoms with Gasteiger partial charge in [0.15, 0.2) is 0 Å². The minimum Gasteiger partial charge on any atom is -0.339 e. The Morgan fingerprint density at radius 2 is 1.55 bits per heavy atom. The van der Waals surface area contributed by atoms with Crippen molar-refractivity contribution in [2.75, 3.05) is 7.05 Å². The normalized spacial score (nSPS) is 14.1. The number of aromatic nitrogens is 2. The fourth-order valence-corrected chi connectivity index (χ4v) is 2.29. The van der Waals surface area contributed by atoms with E-state index in [1.807, 2.05) is 38.1 Å². The van der Waals surface area contributed by atoms with Gasteiger partial charge in [-0.15, -0.1) is 0 Å². The van der Waals surface area contributed by atoms with E-state index in [9.17, 15) is 9.59 Å². The van der Waals surface area contributed by atoms with Crippen molar-refractivity contribution in [2.24, 2.45) is 4.99 Å². The van der Waals surface area contributed by atoms with Crippen LogP contribution in [-0.4, -0.2) is 22.9 Å². The highest BCUT2D eigenvalue weighted by Crippen LogP contribution is 2.21. The zero-order valence-corrected chi connectivity index (χ0v) is 12.8. The molecule has 22 heavy (non-hydrogen) atoms. The first-order valence-corrected chi connectivity index (χ1v) is 7.01. The highest BCUT2D eigenvalue weighted by Gasteiger charge is 2.23. The van der Waals surface area contributed by atoms with Crippen molar-refractivity contribution in [3.05, 3.63) is 66.8 Å². The molecule has 0 saturated carbocycles. The second-order valence-corrected chi connectivity index (χ2v) is 4.38. The Balaban J connectivity index is 0.000000847. The van der Waals surface area contributed by atoms with Gasteiger partial charge < -0.3 is 15.3 Å². The average molecular weight is 298 g/mol. The monoisotopic (exact) mass is 298 g/mol. The number of fused-ring (bicyclic) bond motifs is 1. The van der Waals surface area contributed by atoms with Crippen molar-refractivity contribution in [1.82, 2.24) is 15.3 Å². The number of H-pyrrole nitrogens is 2. The molecule has 0 unspecified atom stereocenters. The lowest BCUT2D eigenvalue weighted by molar-refractivity contribution is 0.984. The summed E-state index contributed by atoms with van der Waals surface area (Å²) in [6.07, 6.45) is 0. The summed E-state index contributed by atoms with van der Waals surface area (Å²) in [6, 6.07) is 7.45. The Kier molecular flexibility index (Phi) is 4.41. The first-order chi connectivity index (χ1) is 10.6. The van der Waals surface area contributed by atoms with Gasteiger partial charge in [0, 0.05) is 18.2 Å². The molecule has 1 aromatic carbocycles. The Morgan fingerprint density at radius 1 is 1.00 bits per heavy atom. The zero-order chi connectivity index (χ0) is 16.3. The summed E-state index contributed by atoms with van der Waals surface area (Å²) in [4.78, 5) is 33.2. The lowest BCUT2D eigenvalue weighted by Crippen LogP contribution is -2.50. The number of benzene rings is 1. The Morgan fingerprint density at radius 3 is 2.09 bits per heavy atom. The number of aromatic amines is 2. The maximum atomic E-state index is 12.0. The molecule has 1 aliphatic rings. The van der Waals surface area contributed by atoms with Gasteiger partial charge in [0.2, 0.25) is 0 Å². The molecule has 1 aliphatic heterocycles. The van der Waals surface area contributed by atoms with Crippen LogP contribution in [0.15, 0.2) is 38.8 Å². The summed E-state index contributed by atoms with van der Waals surface area (Å²) in [5, 5.41) is 3.06. The zero-order valence-electron chi connectivity index (χ0n) is 12.8. The molecule has 3 rings (SSSR count). The van der Waals surface area contributed by atoms with E-state index in [-0.39, 0.29) is 10.7 Å². The van der Waals surface area contributed by atoms with Gasteiger partial charge in [-0.3, -0.25) is 14.6 Å². The molecule has 0 fully saturated rings. The predicted octanol–water partition coefficient (Wildman–Crippen LogP) is -0.364. The van der Waals surface area contributed by atoms with E-state index < -0.39 is 11.1 Å². The minimum absolute atomic E-state index is 0.0310. The van der Waals surface area contributed by atoms with E-state index in [1.54, 1.807) is 7.05 Å². The van der Waals surface area contributed by atoms with Crippen molar-refractivity contribution < 1.29 is 0 Å². The second-order valence-electron chi connectivity index (χ2n) is 4.38. The lowest BCUT2D eigenvalue weighted by Gasteiger charge is -1.99. The van der Waals surface area contributed by atoms with Crippen molar-refractivity contribution in [3.8, 4) is 0 Å². The summed E-state index contributed by atoms with van der Waals surface area (Å²) >= 11 is 0. The molecule has 6 nitrogen and oxygen atoms in total. The molecule has 0 amide bonds. The molecule has 0 radical (unpaired) electrons. The van der Waals surface area contributed by atoms with Crippen molar-refractivity contribution >= 4 is 18.1 Å². The number of hydrogen-bond acceptors (Lipinski definition) is 3. The van der Waals surface area contributed by atoms with E-state index in [1.165, 1.54) is 0 Å². The lowest BCUT2D eigenvalue weighted by atomic mass is 10.1. The van der Waals surface area contributed by atoms with Gasteiger partial charge in [0.1, 0.15) is 16.5 Å². The van der Waals surface area contributed by atoms with Crippen LogP contribution in [0, 0.1) is 0 Å². The van der Waals surface area contributed by atoms with Gasteiger partial charge in [-0.2, -0.15) is 0 Å². The molecule has 0 bridgehead atoms. The number of aliphatic imine (C=N–C) groups is 1. The SMILES string of the molecule is C=c1[nH]c(=O)c(=C2NC(=NC)c3ccccc32)c(=O)[nH]1.CC. The molecular formula is C16H18N4O2. The molecule has 2 heterocycles. The highest BCUT2D eigenvalue weighted by atomic mass is 16.1. The number of amidine groups is 1. The smallest absolute Gasteiger partial charge is 0.264 e. The third-order valence-corrected chi connectivity index (χ3v) is 3.15. The average Bonchev–Trinajstić information content (AvgIpc) is 2.87. The summed E-state index contributed by atoms with van der Waals surface area (Å²) < 4.78 is 0. The number of rotatable bonds is 0. The van der Waals surface area contributed by atoms with Gasteiger partial charge >= 0.3 is 0 Å². The molecule has 114 valence electrons. The van der Waals surface area contributed by atoms with Crippen LogP contribution in [0.4, 0.5) is 0 Å². The fourth-order valence-electron chi connectivity index (χ4n) is 2.29. The molecule has 0 atom stereocenters. The van der Waals surface area contributed by atoms with Gasteiger partial charge in [-0.05, 0) is 0 Å². The van der Waals surface area contributed by atoms with Gasteiger partial charge in [0.25, 0.3) is 11.1 Å². The molecule has 0 spiro atoms. The van der Waals surface area contributed by atoms with E-state index in [2.05, 4.69) is 26.9 Å². The van der Waals surface area contributed by atoms with Gasteiger partial charge in [-0.1, -0.05) is 44.7 Å². The molecule has 0 saturated heterocycles. The van der Waals surface area contributed by atoms with Crippen molar-refractivity contribution in [2.45, 2.75) is 13.8 Å². The Hall–Kier alpha value is -2.89. The summed E-state index contributed by atoms with van der Waals surface area (Å²) in [7, 11) is 1.65. The third kappa shape index (κ3) is 2.50. The van der Waals surface area contributed by atoms with E-state index in [4.69, 9.17) is 0 Å². The Bertz CT molecular complexity index is 914. The number of hydrogen-bond donors (Lipinski definition) is 3. The van der Waals surface area contributed by atoms with Crippen LogP contribution in [0.25, 0.3) is 12.3 Å². The quantitative estimate of drug-likeness (QED) is 0.620. The first kappa shape index (κ1) is 15.5. The maximum absolute atomic E-state index is 12.0. The van der Waals surface area contributed by atoms with E-state index >= 15 is 0 Å². The molecule has 3 N–H and O–H groups in total. The van der Waals surface area contributed by atoms with Crippen LogP contribution in [0.3, 0.4) is 0 Å². The number of nitrogens with zero attached hydrogens (tertiary/aromatic N) is 1. The summed E-state index contributed by atoms with van der Waals surface area (Å²) in [5.74, 6) is 0.633. The molecule has 0 aliphatic carbocycles. The Labute approximate surface area is 127 Å². The van der Waals surface area contributed by atoms with Crippen LogP contribution in [0.5, 0.6) is 0 Å². The van der Waals surface area contributed by atoms with E-state index in [0.717, 1.165) is 11.1 Å². The van der Waals surface area contributed by atoms with Gasteiger partial charge in [0.05, 0.1) is 5.70 Å². The molecular weight excluding hydrogens is 280 g/mol. The van der Waals surface area contributed by atoms with Crippen LogP contribution < -0.4 is 27.1 Å². The van der Waals surface area contributed by atoms with Crippen molar-refractivity contribution in [3.63, 3.8) is 0 Å². The van der Waals surface area contributed by atoms with Crippen LogP contribution in [0.1, 0.15) is 25.0 Å². The second kappa shape index (κ2) is 6.26. The molecule has 2 aromatic rings. The van der Waals surface area contributed by atoms with Crippen LogP contribution in [-0.2, 0) is 0 Å². The summed E-state index contributed by atoms with van der Waals surface area (Å²) in [6.45, 7) is 7.52. The molecule has 1 aromatic heterocycles. The van der Waals surface area contributed by atoms with Gasteiger partial charge in [-0.25, -0.2) is 0 Å². The largest absolute Gasteiger partial charge is 0.339 e. The highest BCUT2D eigenvalue weighted by molar-refractivity contribution is 6.11. The predicted molar refractivity (Wildman–Crippen MR) is 88.4 cm³/mol. The maximum Gasteiger partial charge on any atom is 0.264 e. The first-order valence-electron chi connectivity index (χ1n) is 7.01. The van der Waals surface area contributed by atoms with Crippen LogP contribution >= 0.6 is 0 Å². The minimum atomic E-state index is -0.478. The summed E-state index contributed by atoms with van der Waals surface area (Å²) in [5.41, 5.74) is 1.33. The van der Waals surface area contributed by atoms with Crippen molar-refractivity contribution in [1.29, 1.82) is 0 Å². The standard InChI is InChI=1S/C14H12N4O2.C2H6/c1-7-16-13(19)10(14(20)17-7)11-8-5-3-4-6-9(8)12(15-2)18-11;1-2/h3-6H,1H2,2H3,(H,15,18)(H,16,19)(H,17,20);1-2H3. The third-order valence-electron chi connectivity index (χ3n) is 3.15. The fraction of sp³-hybridized carbons (Fsp3) is 0.188. The number of nitrogens with one attached hydrogen (secondary N) is 3. The van der Waals surface area contributed by atoms with E-state index in [0.29, 0.717) is 11.5 Å². The molecule has 6 heteroatoms. The van der Waals surface area contributed by atoms with Crippen LogP contribution in [0.2, 0.25) is 0 Å².